The Bertz CT molecular complexity index is 823. The minimum absolute atomic E-state index is 0.261. The van der Waals surface area contributed by atoms with Gasteiger partial charge in [-0.2, -0.15) is 0 Å². The molecule has 1 aliphatic rings. The maximum absolute atomic E-state index is 11.7. The number of ether oxygens (including phenoxy) is 1. The van der Waals surface area contributed by atoms with E-state index >= 15 is 0 Å². The molecule has 1 fully saturated rings. The van der Waals surface area contributed by atoms with Gasteiger partial charge in [0.25, 0.3) is 5.88 Å². The van der Waals surface area contributed by atoms with E-state index in [4.69, 9.17) is 4.74 Å². The SMILES string of the molecule is O=C(NCC1CC1)Oc1n[nH]c2nc3ccccc3cc12. The number of aromatic amines is 1. The molecule has 0 bridgehead atoms. The third kappa shape index (κ3) is 2.40. The Morgan fingerprint density at radius 2 is 2.24 bits per heavy atom. The molecule has 4 rings (SSSR count). The van der Waals surface area contributed by atoms with Crippen LogP contribution in [0.5, 0.6) is 5.88 Å². The monoisotopic (exact) mass is 282 g/mol. The average molecular weight is 282 g/mol. The van der Waals surface area contributed by atoms with E-state index in [1.165, 1.54) is 12.8 Å². The van der Waals surface area contributed by atoms with Gasteiger partial charge in [-0.25, -0.2) is 9.78 Å². The van der Waals surface area contributed by atoms with Crippen molar-refractivity contribution in [2.24, 2.45) is 5.92 Å². The van der Waals surface area contributed by atoms with Gasteiger partial charge in [-0.05, 0) is 30.9 Å². The molecule has 2 N–H and O–H groups in total. The molecule has 0 atom stereocenters. The summed E-state index contributed by atoms with van der Waals surface area (Å²) < 4.78 is 5.26. The predicted molar refractivity (Wildman–Crippen MR) is 78.1 cm³/mol. The number of pyridine rings is 1. The van der Waals surface area contributed by atoms with Crippen molar-refractivity contribution in [2.75, 3.05) is 6.54 Å². The number of hydrogen-bond acceptors (Lipinski definition) is 4. The molecule has 6 nitrogen and oxygen atoms in total. The number of carbonyl (C=O) groups is 1. The molecule has 0 saturated heterocycles. The molecular formula is C15H14N4O2. The van der Waals surface area contributed by atoms with Gasteiger partial charge in [0.1, 0.15) is 0 Å². The van der Waals surface area contributed by atoms with Gasteiger partial charge in [-0.15, -0.1) is 5.10 Å². The molecule has 3 aromatic rings. The molecule has 1 amide bonds. The third-order valence-corrected chi connectivity index (χ3v) is 3.64. The zero-order valence-corrected chi connectivity index (χ0v) is 11.3. The van der Waals surface area contributed by atoms with E-state index in [0.717, 1.165) is 10.9 Å². The van der Waals surface area contributed by atoms with Gasteiger partial charge in [0.2, 0.25) is 0 Å². The number of benzene rings is 1. The number of para-hydroxylation sites is 1. The van der Waals surface area contributed by atoms with Crippen LogP contribution in [0, 0.1) is 5.92 Å². The van der Waals surface area contributed by atoms with Gasteiger partial charge < -0.3 is 10.1 Å². The summed E-state index contributed by atoms with van der Waals surface area (Å²) in [6.45, 7) is 0.669. The normalized spacial score (nSPS) is 14.5. The van der Waals surface area contributed by atoms with Crippen molar-refractivity contribution < 1.29 is 9.53 Å². The summed E-state index contributed by atoms with van der Waals surface area (Å²) >= 11 is 0. The van der Waals surface area contributed by atoms with Crippen LogP contribution in [0.1, 0.15) is 12.8 Å². The van der Waals surface area contributed by atoms with Gasteiger partial charge in [-0.3, -0.25) is 5.10 Å². The molecule has 0 spiro atoms. The van der Waals surface area contributed by atoms with Gasteiger partial charge in [-0.1, -0.05) is 18.2 Å². The van der Waals surface area contributed by atoms with Crippen molar-refractivity contribution in [2.45, 2.75) is 12.8 Å². The highest BCUT2D eigenvalue weighted by molar-refractivity contribution is 5.94. The van der Waals surface area contributed by atoms with E-state index in [1.54, 1.807) is 0 Å². The minimum atomic E-state index is -0.469. The molecule has 0 radical (unpaired) electrons. The Balaban J connectivity index is 1.62. The number of nitrogens with one attached hydrogen (secondary N) is 2. The average Bonchev–Trinajstić information content (AvgIpc) is 3.26. The molecule has 2 aromatic heterocycles. The first kappa shape index (κ1) is 12.1. The zero-order chi connectivity index (χ0) is 14.2. The number of amides is 1. The quantitative estimate of drug-likeness (QED) is 0.773. The highest BCUT2D eigenvalue weighted by Gasteiger charge is 2.22. The second-order valence-electron chi connectivity index (χ2n) is 5.32. The van der Waals surface area contributed by atoms with Crippen molar-refractivity contribution in [3.05, 3.63) is 30.3 Å². The molecule has 1 aliphatic carbocycles. The summed E-state index contributed by atoms with van der Waals surface area (Å²) in [5.74, 6) is 0.871. The Morgan fingerprint density at radius 1 is 1.38 bits per heavy atom. The molecule has 2 heterocycles. The number of aromatic nitrogens is 3. The molecule has 1 saturated carbocycles. The van der Waals surface area contributed by atoms with Crippen LogP contribution in [0.25, 0.3) is 21.9 Å². The Kier molecular flexibility index (Phi) is 2.73. The van der Waals surface area contributed by atoms with Crippen LogP contribution in [0.15, 0.2) is 30.3 Å². The highest BCUT2D eigenvalue weighted by Crippen LogP contribution is 2.28. The fraction of sp³-hybridized carbons (Fsp3) is 0.267. The fourth-order valence-electron chi connectivity index (χ4n) is 2.28. The van der Waals surface area contributed by atoms with Crippen molar-refractivity contribution in [1.29, 1.82) is 0 Å². The Labute approximate surface area is 120 Å². The number of carbonyl (C=O) groups excluding carboxylic acids is 1. The number of H-pyrrole nitrogens is 1. The first-order chi connectivity index (χ1) is 10.3. The molecule has 106 valence electrons. The first-order valence-electron chi connectivity index (χ1n) is 6.99. The van der Waals surface area contributed by atoms with Crippen LogP contribution in [0.3, 0.4) is 0 Å². The Morgan fingerprint density at radius 3 is 3.10 bits per heavy atom. The smallest absolute Gasteiger partial charge is 0.389 e. The third-order valence-electron chi connectivity index (χ3n) is 3.64. The van der Waals surface area contributed by atoms with Crippen molar-refractivity contribution in [3.8, 4) is 5.88 Å². The summed E-state index contributed by atoms with van der Waals surface area (Å²) in [6.07, 6.45) is 1.90. The van der Waals surface area contributed by atoms with E-state index in [2.05, 4.69) is 20.5 Å². The van der Waals surface area contributed by atoms with Gasteiger partial charge in [0.05, 0.1) is 10.9 Å². The molecule has 21 heavy (non-hydrogen) atoms. The van der Waals surface area contributed by atoms with E-state index in [-0.39, 0.29) is 5.88 Å². The number of hydrogen-bond donors (Lipinski definition) is 2. The van der Waals surface area contributed by atoms with Crippen LogP contribution >= 0.6 is 0 Å². The standard InChI is InChI=1S/C15H14N4O2/c20-15(16-8-9-5-6-9)21-14-11-7-10-3-1-2-4-12(10)17-13(11)18-19-14/h1-4,7,9H,5-6,8H2,(H,16,20)(H,17,18,19). The molecule has 0 unspecified atom stereocenters. The highest BCUT2D eigenvalue weighted by atomic mass is 16.6. The molecule has 6 heteroatoms. The lowest BCUT2D eigenvalue weighted by atomic mass is 10.2. The lowest BCUT2D eigenvalue weighted by molar-refractivity contribution is 0.198. The number of rotatable bonds is 3. The maximum atomic E-state index is 11.7. The van der Waals surface area contributed by atoms with Gasteiger partial charge in [0, 0.05) is 11.9 Å². The summed E-state index contributed by atoms with van der Waals surface area (Å²) in [5.41, 5.74) is 1.48. The number of nitrogens with zero attached hydrogens (tertiary/aromatic N) is 2. The summed E-state index contributed by atoms with van der Waals surface area (Å²) in [7, 11) is 0. The lowest BCUT2D eigenvalue weighted by Gasteiger charge is -2.03. The second-order valence-corrected chi connectivity index (χ2v) is 5.32. The molecular weight excluding hydrogens is 268 g/mol. The van der Waals surface area contributed by atoms with Crippen molar-refractivity contribution in [1.82, 2.24) is 20.5 Å². The van der Waals surface area contributed by atoms with Gasteiger partial charge >= 0.3 is 6.09 Å². The van der Waals surface area contributed by atoms with Crippen molar-refractivity contribution in [3.63, 3.8) is 0 Å². The fourth-order valence-corrected chi connectivity index (χ4v) is 2.28. The summed E-state index contributed by atoms with van der Waals surface area (Å²) in [4.78, 5) is 16.2. The largest absolute Gasteiger partial charge is 0.414 e. The number of fused-ring (bicyclic) bond motifs is 2. The minimum Gasteiger partial charge on any atom is -0.389 e. The van der Waals surface area contributed by atoms with E-state index in [9.17, 15) is 4.79 Å². The topological polar surface area (TPSA) is 79.9 Å². The van der Waals surface area contributed by atoms with E-state index in [1.807, 2.05) is 30.3 Å². The zero-order valence-electron chi connectivity index (χ0n) is 11.3. The van der Waals surface area contributed by atoms with Crippen LogP contribution in [-0.2, 0) is 0 Å². The van der Waals surface area contributed by atoms with Gasteiger partial charge in [0.15, 0.2) is 5.65 Å². The van der Waals surface area contributed by atoms with Crippen LogP contribution < -0.4 is 10.1 Å². The predicted octanol–water partition coefficient (Wildman–Crippen LogP) is 2.61. The van der Waals surface area contributed by atoms with Crippen molar-refractivity contribution >= 4 is 28.0 Å². The second kappa shape index (κ2) is 4.73. The van der Waals surface area contributed by atoms with E-state index < -0.39 is 6.09 Å². The summed E-state index contributed by atoms with van der Waals surface area (Å²) in [6, 6.07) is 9.69. The molecule has 1 aromatic carbocycles. The Hall–Kier alpha value is -2.63. The van der Waals surface area contributed by atoms with Crippen LogP contribution in [0.4, 0.5) is 4.79 Å². The maximum Gasteiger partial charge on any atom is 0.414 e. The first-order valence-corrected chi connectivity index (χ1v) is 6.99. The van der Waals surface area contributed by atoms with Crippen LogP contribution in [-0.4, -0.2) is 27.8 Å². The summed E-state index contributed by atoms with van der Waals surface area (Å²) in [5, 5.41) is 11.3. The van der Waals surface area contributed by atoms with Crippen LogP contribution in [0.2, 0.25) is 0 Å². The lowest BCUT2D eigenvalue weighted by Crippen LogP contribution is -2.28. The van der Waals surface area contributed by atoms with E-state index in [0.29, 0.717) is 23.5 Å². The molecule has 0 aliphatic heterocycles.